The first-order valence-electron chi connectivity index (χ1n) is 8.21. The molecule has 1 aliphatic heterocycles. The average molecular weight is 359 g/mol. The van der Waals surface area contributed by atoms with E-state index in [-0.39, 0.29) is 24.5 Å². The Balaban J connectivity index is 1.86. The number of nitrogens with zero attached hydrogens (tertiary/aromatic N) is 1. The fourth-order valence-electron chi connectivity index (χ4n) is 3.15. The van der Waals surface area contributed by atoms with Crippen LogP contribution >= 0.6 is 0 Å². The molecule has 3 rings (SSSR count). The minimum atomic E-state index is -0.570. The van der Waals surface area contributed by atoms with Gasteiger partial charge in [-0.15, -0.1) is 0 Å². The molecule has 1 fully saturated rings. The van der Waals surface area contributed by atoms with Crippen LogP contribution in [0.5, 0.6) is 11.6 Å². The van der Waals surface area contributed by atoms with Crippen molar-refractivity contribution in [3.63, 3.8) is 0 Å². The number of benzene rings is 1. The van der Waals surface area contributed by atoms with Gasteiger partial charge in [0.25, 0.3) is 5.91 Å². The molecule has 1 saturated heterocycles. The smallest absolute Gasteiger partial charge is 0.252 e. The van der Waals surface area contributed by atoms with E-state index in [0.29, 0.717) is 35.6 Å². The maximum atomic E-state index is 11.6. The van der Waals surface area contributed by atoms with Crippen molar-refractivity contribution < 1.29 is 23.8 Å². The predicted octanol–water partition coefficient (Wildman–Crippen LogP) is 0.872. The number of amides is 2. The first-order chi connectivity index (χ1) is 12.5. The number of carbonyl (C=O) groups excluding carboxylic acids is 2. The Morgan fingerprint density at radius 1 is 1.35 bits per heavy atom. The molecular weight excluding hydrogens is 338 g/mol. The third kappa shape index (κ3) is 3.55. The van der Waals surface area contributed by atoms with Gasteiger partial charge in [0.1, 0.15) is 12.4 Å². The lowest BCUT2D eigenvalue weighted by Gasteiger charge is -2.19. The summed E-state index contributed by atoms with van der Waals surface area (Å²) in [6.45, 7) is 0.747. The van der Waals surface area contributed by atoms with Crippen LogP contribution in [-0.4, -0.2) is 50.3 Å². The van der Waals surface area contributed by atoms with Crippen molar-refractivity contribution in [2.75, 3.05) is 27.4 Å². The quantitative estimate of drug-likeness (QED) is 0.758. The number of ether oxygens (including phenoxy) is 3. The molecule has 26 heavy (non-hydrogen) atoms. The first-order valence-corrected chi connectivity index (χ1v) is 8.21. The normalized spacial score (nSPS) is 19.4. The second kappa shape index (κ2) is 7.57. The monoisotopic (exact) mass is 359 g/mol. The van der Waals surface area contributed by atoms with Gasteiger partial charge in [-0.3, -0.25) is 9.59 Å². The number of carbonyl (C=O) groups is 2. The number of rotatable bonds is 7. The lowest BCUT2D eigenvalue weighted by molar-refractivity contribution is -0.119. The number of hydrogen-bond donors (Lipinski definition) is 2. The summed E-state index contributed by atoms with van der Waals surface area (Å²) >= 11 is 0. The van der Waals surface area contributed by atoms with Crippen LogP contribution < -0.4 is 20.5 Å². The van der Waals surface area contributed by atoms with Crippen LogP contribution in [0.4, 0.5) is 0 Å². The summed E-state index contributed by atoms with van der Waals surface area (Å²) < 4.78 is 16.3. The molecule has 0 radical (unpaired) electrons. The highest BCUT2D eigenvalue weighted by Gasteiger charge is 2.33. The van der Waals surface area contributed by atoms with E-state index in [1.54, 1.807) is 31.5 Å². The van der Waals surface area contributed by atoms with Crippen LogP contribution in [0.15, 0.2) is 24.4 Å². The van der Waals surface area contributed by atoms with Crippen molar-refractivity contribution in [1.82, 2.24) is 10.3 Å². The zero-order valence-corrected chi connectivity index (χ0v) is 14.7. The summed E-state index contributed by atoms with van der Waals surface area (Å²) in [5.41, 5.74) is 5.69. The summed E-state index contributed by atoms with van der Waals surface area (Å²) in [5.74, 6) is 0.222. The van der Waals surface area contributed by atoms with Crippen LogP contribution in [0, 0.1) is 5.92 Å². The Morgan fingerprint density at radius 2 is 2.15 bits per heavy atom. The Bertz CT molecular complexity index is 839. The Morgan fingerprint density at radius 3 is 2.85 bits per heavy atom. The Hall–Kier alpha value is -2.87. The first kappa shape index (κ1) is 17.9. The third-order valence-electron chi connectivity index (χ3n) is 4.46. The highest BCUT2D eigenvalue weighted by Crippen LogP contribution is 2.31. The number of hydrogen-bond acceptors (Lipinski definition) is 6. The molecule has 1 aromatic carbocycles. The Kier molecular flexibility index (Phi) is 5.22. The van der Waals surface area contributed by atoms with E-state index >= 15 is 0 Å². The van der Waals surface area contributed by atoms with Crippen molar-refractivity contribution in [2.24, 2.45) is 11.7 Å². The molecule has 2 heterocycles. The van der Waals surface area contributed by atoms with E-state index in [4.69, 9.17) is 19.9 Å². The molecule has 0 spiro atoms. The maximum absolute atomic E-state index is 11.6. The number of nitrogens with one attached hydrogen (secondary N) is 1. The molecule has 0 bridgehead atoms. The summed E-state index contributed by atoms with van der Waals surface area (Å²) in [6, 6.07) is 4.94. The zero-order valence-electron chi connectivity index (χ0n) is 14.7. The number of pyridine rings is 1. The van der Waals surface area contributed by atoms with Gasteiger partial charge in [-0.25, -0.2) is 4.98 Å². The van der Waals surface area contributed by atoms with Crippen LogP contribution in [0.2, 0.25) is 0 Å². The molecule has 0 saturated carbocycles. The molecule has 2 aromatic rings. The fraction of sp³-hybridized carbons (Fsp3) is 0.389. The van der Waals surface area contributed by atoms with Gasteiger partial charge >= 0.3 is 0 Å². The van der Waals surface area contributed by atoms with Gasteiger partial charge in [-0.05, 0) is 23.6 Å². The van der Waals surface area contributed by atoms with E-state index in [1.165, 1.54) is 7.11 Å². The van der Waals surface area contributed by atoms with Crippen molar-refractivity contribution >= 4 is 22.6 Å². The largest absolute Gasteiger partial charge is 0.496 e. The molecule has 0 aliphatic carbocycles. The summed E-state index contributed by atoms with van der Waals surface area (Å²) in [6.07, 6.45) is 2.01. The van der Waals surface area contributed by atoms with Crippen molar-refractivity contribution in [1.29, 1.82) is 0 Å². The molecule has 2 atom stereocenters. The topological polar surface area (TPSA) is 113 Å². The average Bonchev–Trinajstić information content (AvgIpc) is 2.98. The molecule has 1 aliphatic rings. The van der Waals surface area contributed by atoms with E-state index in [1.807, 2.05) is 0 Å². The van der Waals surface area contributed by atoms with Gasteiger partial charge < -0.3 is 25.3 Å². The van der Waals surface area contributed by atoms with Gasteiger partial charge in [-0.2, -0.15) is 0 Å². The van der Waals surface area contributed by atoms with Crippen molar-refractivity contribution in [3.05, 3.63) is 30.0 Å². The van der Waals surface area contributed by atoms with E-state index < -0.39 is 5.91 Å². The van der Waals surface area contributed by atoms with E-state index in [9.17, 15) is 9.59 Å². The van der Waals surface area contributed by atoms with Gasteiger partial charge in [0.2, 0.25) is 11.8 Å². The number of fused-ring (bicyclic) bond motifs is 1. The zero-order chi connectivity index (χ0) is 18.7. The number of methoxy groups -OCH3 is 2. The van der Waals surface area contributed by atoms with Crippen molar-refractivity contribution in [2.45, 2.75) is 12.5 Å². The number of primary amides is 1. The number of nitrogens with two attached hydrogens (primary N) is 1. The highest BCUT2D eigenvalue weighted by atomic mass is 16.5. The molecule has 138 valence electrons. The van der Waals surface area contributed by atoms with Gasteiger partial charge in [0.05, 0.1) is 25.3 Å². The fourth-order valence-corrected chi connectivity index (χ4v) is 3.15. The third-order valence-corrected chi connectivity index (χ3v) is 4.46. The Labute approximate surface area is 150 Å². The van der Waals surface area contributed by atoms with Crippen LogP contribution in [0.25, 0.3) is 10.8 Å². The predicted molar refractivity (Wildman–Crippen MR) is 94.2 cm³/mol. The van der Waals surface area contributed by atoms with Gasteiger partial charge in [0.15, 0.2) is 0 Å². The van der Waals surface area contributed by atoms with E-state index in [2.05, 4.69) is 10.3 Å². The highest BCUT2D eigenvalue weighted by molar-refractivity contribution is 6.01. The van der Waals surface area contributed by atoms with Crippen LogP contribution in [0.3, 0.4) is 0 Å². The standard InChI is InChI=1S/C18H21N3O5/c1-24-8-11-6-16(22)21-14(11)9-26-18-12-7-15(25-2)13(17(19)23)5-10(12)3-4-20-18/h3-5,7,11,14H,6,8-9H2,1-2H3,(H2,19,23)(H,21,22). The molecule has 3 N–H and O–H groups in total. The molecule has 2 unspecified atom stereocenters. The molecule has 8 heteroatoms. The number of aromatic nitrogens is 1. The molecule has 8 nitrogen and oxygen atoms in total. The second-order valence-electron chi connectivity index (χ2n) is 6.16. The van der Waals surface area contributed by atoms with E-state index in [0.717, 1.165) is 5.39 Å². The molecule has 1 aromatic heterocycles. The van der Waals surface area contributed by atoms with Gasteiger partial charge in [0, 0.05) is 31.0 Å². The minimum Gasteiger partial charge on any atom is -0.496 e. The lowest BCUT2D eigenvalue weighted by atomic mass is 10.0. The summed E-state index contributed by atoms with van der Waals surface area (Å²) in [4.78, 5) is 27.5. The molecule has 2 amide bonds. The summed E-state index contributed by atoms with van der Waals surface area (Å²) in [7, 11) is 3.07. The van der Waals surface area contributed by atoms with Crippen LogP contribution in [0.1, 0.15) is 16.8 Å². The maximum Gasteiger partial charge on any atom is 0.252 e. The van der Waals surface area contributed by atoms with Gasteiger partial charge in [-0.1, -0.05) is 0 Å². The summed E-state index contributed by atoms with van der Waals surface area (Å²) in [5, 5.41) is 4.35. The van der Waals surface area contributed by atoms with Crippen LogP contribution in [-0.2, 0) is 9.53 Å². The lowest BCUT2D eigenvalue weighted by Crippen LogP contribution is -2.36. The SMILES string of the molecule is COCC1CC(=O)NC1COc1nccc2cc(C(N)=O)c(OC)cc12. The second-order valence-corrected chi connectivity index (χ2v) is 6.16. The molecular formula is C18H21N3O5. The minimum absolute atomic E-state index is 0.0145. The van der Waals surface area contributed by atoms with Crippen molar-refractivity contribution in [3.8, 4) is 11.6 Å².